The van der Waals surface area contributed by atoms with Gasteiger partial charge < -0.3 is 20.4 Å². The number of para-hydroxylation sites is 1. The monoisotopic (exact) mass is 448 g/mol. The summed E-state index contributed by atoms with van der Waals surface area (Å²) in [6, 6.07) is 18.9. The molecule has 2 aliphatic rings. The van der Waals surface area contributed by atoms with Crippen LogP contribution in [0.2, 0.25) is 0 Å². The van der Waals surface area contributed by atoms with E-state index in [-0.39, 0.29) is 5.91 Å². The van der Waals surface area contributed by atoms with Crippen molar-refractivity contribution in [2.24, 2.45) is 4.99 Å². The number of carbonyl (C=O) groups excluding carboxylic acids is 1. The fourth-order valence-corrected chi connectivity index (χ4v) is 4.50. The van der Waals surface area contributed by atoms with Crippen LogP contribution >= 0.6 is 0 Å². The van der Waals surface area contributed by atoms with Crippen LogP contribution in [0.15, 0.2) is 59.6 Å². The molecule has 2 aromatic rings. The second kappa shape index (κ2) is 11.7. The molecule has 7 heteroatoms. The van der Waals surface area contributed by atoms with Crippen molar-refractivity contribution in [1.29, 1.82) is 0 Å². The number of guanidine groups is 1. The summed E-state index contributed by atoms with van der Waals surface area (Å²) < 4.78 is 0. The Bertz CT molecular complexity index is 906. The highest BCUT2D eigenvalue weighted by atomic mass is 16.2. The van der Waals surface area contributed by atoms with E-state index in [0.29, 0.717) is 13.0 Å². The lowest BCUT2D eigenvalue weighted by Crippen LogP contribution is -2.47. The van der Waals surface area contributed by atoms with Crippen LogP contribution in [0.5, 0.6) is 0 Å². The Labute approximate surface area is 197 Å². The van der Waals surface area contributed by atoms with E-state index in [1.165, 1.54) is 11.3 Å². The van der Waals surface area contributed by atoms with Gasteiger partial charge in [-0.25, -0.2) is 0 Å². The SMILES string of the molecule is CN=C(NCCCN1CCN(c2ccccc2)CC1)NCc1ccc(N2CCCC2=O)cc1. The molecule has 2 aromatic carbocycles. The molecule has 2 aliphatic heterocycles. The first-order chi connectivity index (χ1) is 16.2. The van der Waals surface area contributed by atoms with Gasteiger partial charge in [-0.2, -0.15) is 0 Å². The molecule has 4 rings (SSSR count). The molecule has 0 unspecified atom stereocenters. The highest BCUT2D eigenvalue weighted by molar-refractivity contribution is 5.95. The Morgan fingerprint density at radius 1 is 0.909 bits per heavy atom. The van der Waals surface area contributed by atoms with Crippen LogP contribution in [-0.2, 0) is 11.3 Å². The largest absolute Gasteiger partial charge is 0.369 e. The van der Waals surface area contributed by atoms with Gasteiger partial charge in [0.05, 0.1) is 0 Å². The third-order valence-electron chi connectivity index (χ3n) is 6.44. The summed E-state index contributed by atoms with van der Waals surface area (Å²) in [4.78, 5) is 23.1. The average Bonchev–Trinajstić information content (AvgIpc) is 3.30. The number of aliphatic imine (C=N–C) groups is 1. The number of rotatable bonds is 8. The number of benzene rings is 2. The first-order valence-electron chi connectivity index (χ1n) is 12.1. The third kappa shape index (κ3) is 6.48. The van der Waals surface area contributed by atoms with Gasteiger partial charge in [0.25, 0.3) is 0 Å². The third-order valence-corrected chi connectivity index (χ3v) is 6.44. The first-order valence-corrected chi connectivity index (χ1v) is 12.1. The minimum absolute atomic E-state index is 0.226. The molecule has 33 heavy (non-hydrogen) atoms. The molecule has 2 heterocycles. The van der Waals surface area contributed by atoms with Crippen molar-refractivity contribution in [2.45, 2.75) is 25.8 Å². The number of hydrogen-bond acceptors (Lipinski definition) is 4. The fourth-order valence-electron chi connectivity index (χ4n) is 4.50. The lowest BCUT2D eigenvalue weighted by Gasteiger charge is -2.36. The maximum absolute atomic E-state index is 11.9. The molecule has 0 atom stereocenters. The first kappa shape index (κ1) is 23.1. The summed E-state index contributed by atoms with van der Waals surface area (Å²) in [6.07, 6.45) is 2.70. The lowest BCUT2D eigenvalue weighted by atomic mass is 10.2. The molecule has 0 aromatic heterocycles. The van der Waals surface area contributed by atoms with E-state index in [9.17, 15) is 4.79 Å². The van der Waals surface area contributed by atoms with Crippen molar-refractivity contribution in [1.82, 2.24) is 15.5 Å². The number of piperazine rings is 1. The van der Waals surface area contributed by atoms with Gasteiger partial charge in [-0.15, -0.1) is 0 Å². The van der Waals surface area contributed by atoms with E-state index in [0.717, 1.165) is 70.3 Å². The van der Waals surface area contributed by atoms with E-state index >= 15 is 0 Å². The molecule has 0 bridgehead atoms. The molecule has 2 saturated heterocycles. The summed E-state index contributed by atoms with van der Waals surface area (Å²) >= 11 is 0. The van der Waals surface area contributed by atoms with Crippen LogP contribution in [0.1, 0.15) is 24.8 Å². The standard InChI is InChI=1S/C26H36N6O/c1-27-26(29-21-22-10-12-24(13-11-22)32-16-5-9-25(32)33)28-14-6-15-30-17-19-31(20-18-30)23-7-3-2-4-8-23/h2-4,7-8,10-13H,5-6,9,14-21H2,1H3,(H2,27,28,29). The number of anilines is 2. The predicted molar refractivity (Wildman–Crippen MR) is 136 cm³/mol. The fraction of sp³-hybridized carbons (Fsp3) is 0.462. The van der Waals surface area contributed by atoms with Crippen molar-refractivity contribution in [3.8, 4) is 0 Å². The average molecular weight is 449 g/mol. The van der Waals surface area contributed by atoms with Crippen molar-refractivity contribution in [3.05, 3.63) is 60.2 Å². The van der Waals surface area contributed by atoms with Crippen molar-refractivity contribution in [3.63, 3.8) is 0 Å². The molecule has 2 N–H and O–H groups in total. The molecule has 0 saturated carbocycles. The van der Waals surface area contributed by atoms with Crippen LogP contribution in [0.25, 0.3) is 0 Å². The molecule has 2 fully saturated rings. The summed E-state index contributed by atoms with van der Waals surface area (Å²) in [5.41, 5.74) is 3.49. The Balaban J connectivity index is 1.12. The summed E-state index contributed by atoms with van der Waals surface area (Å²) in [6.45, 7) is 7.93. The minimum atomic E-state index is 0.226. The van der Waals surface area contributed by atoms with Crippen LogP contribution in [0, 0.1) is 0 Å². The van der Waals surface area contributed by atoms with Gasteiger partial charge in [0, 0.05) is 70.7 Å². The summed E-state index contributed by atoms with van der Waals surface area (Å²) in [5.74, 6) is 1.05. The van der Waals surface area contributed by atoms with E-state index < -0.39 is 0 Å². The van der Waals surface area contributed by atoms with Gasteiger partial charge in [-0.05, 0) is 49.2 Å². The lowest BCUT2D eigenvalue weighted by molar-refractivity contribution is -0.117. The molecular formula is C26H36N6O. The number of carbonyl (C=O) groups is 1. The van der Waals surface area contributed by atoms with E-state index in [4.69, 9.17) is 0 Å². The number of amides is 1. The van der Waals surface area contributed by atoms with E-state index in [1.807, 2.05) is 17.0 Å². The maximum Gasteiger partial charge on any atom is 0.227 e. The second-order valence-electron chi connectivity index (χ2n) is 8.69. The van der Waals surface area contributed by atoms with Crippen LogP contribution in [0.3, 0.4) is 0 Å². The molecule has 7 nitrogen and oxygen atoms in total. The van der Waals surface area contributed by atoms with Crippen molar-refractivity contribution >= 4 is 23.2 Å². The van der Waals surface area contributed by atoms with E-state index in [2.05, 4.69) is 67.9 Å². The molecule has 1 amide bonds. The molecule has 176 valence electrons. The number of nitrogens with zero attached hydrogens (tertiary/aromatic N) is 4. The van der Waals surface area contributed by atoms with Gasteiger partial charge in [-0.1, -0.05) is 30.3 Å². The Morgan fingerprint density at radius 2 is 1.67 bits per heavy atom. The molecular weight excluding hydrogens is 412 g/mol. The Kier molecular flexibility index (Phi) is 8.19. The Morgan fingerprint density at radius 3 is 2.33 bits per heavy atom. The second-order valence-corrected chi connectivity index (χ2v) is 8.69. The summed E-state index contributed by atoms with van der Waals surface area (Å²) in [7, 11) is 1.81. The van der Waals surface area contributed by atoms with Crippen LogP contribution < -0.4 is 20.4 Å². The zero-order chi connectivity index (χ0) is 22.9. The van der Waals surface area contributed by atoms with E-state index in [1.54, 1.807) is 7.05 Å². The van der Waals surface area contributed by atoms with Gasteiger partial charge in [0.1, 0.15) is 0 Å². The normalized spacial score (nSPS) is 17.5. The number of hydrogen-bond donors (Lipinski definition) is 2. The topological polar surface area (TPSA) is 63.2 Å². The van der Waals surface area contributed by atoms with Gasteiger partial charge in [0.15, 0.2) is 5.96 Å². The van der Waals surface area contributed by atoms with Crippen molar-refractivity contribution in [2.75, 3.05) is 62.7 Å². The van der Waals surface area contributed by atoms with Gasteiger partial charge in [-0.3, -0.25) is 14.7 Å². The smallest absolute Gasteiger partial charge is 0.227 e. The molecule has 0 spiro atoms. The molecule has 0 radical (unpaired) electrons. The summed E-state index contributed by atoms with van der Waals surface area (Å²) in [5, 5.41) is 6.81. The van der Waals surface area contributed by atoms with Crippen LogP contribution in [0.4, 0.5) is 11.4 Å². The van der Waals surface area contributed by atoms with Crippen molar-refractivity contribution < 1.29 is 4.79 Å². The minimum Gasteiger partial charge on any atom is -0.369 e. The Hall–Kier alpha value is -3.06. The predicted octanol–water partition coefficient (Wildman–Crippen LogP) is 2.69. The zero-order valence-electron chi connectivity index (χ0n) is 19.7. The molecule has 0 aliphatic carbocycles. The zero-order valence-corrected chi connectivity index (χ0v) is 19.7. The highest BCUT2D eigenvalue weighted by Gasteiger charge is 2.21. The van der Waals surface area contributed by atoms with Crippen LogP contribution in [-0.4, -0.2) is 69.6 Å². The highest BCUT2D eigenvalue weighted by Crippen LogP contribution is 2.21. The quantitative estimate of drug-likeness (QED) is 0.369. The number of nitrogens with one attached hydrogen (secondary N) is 2. The van der Waals surface area contributed by atoms with Gasteiger partial charge in [0.2, 0.25) is 5.91 Å². The maximum atomic E-state index is 11.9. The van der Waals surface area contributed by atoms with Gasteiger partial charge >= 0.3 is 0 Å².